The number of nitriles is 1. The van der Waals surface area contributed by atoms with E-state index in [4.69, 9.17) is 16.6 Å². The van der Waals surface area contributed by atoms with E-state index in [1.54, 1.807) is 12.4 Å². The first kappa shape index (κ1) is 20.3. The van der Waals surface area contributed by atoms with Crippen molar-refractivity contribution in [1.29, 1.82) is 5.26 Å². The maximum Gasteiger partial charge on any atom is 0.149 e. The van der Waals surface area contributed by atoms with Crippen molar-refractivity contribution in [2.45, 2.75) is 42.0 Å². The Morgan fingerprint density at radius 2 is 2.03 bits per heavy atom. The van der Waals surface area contributed by atoms with Crippen LogP contribution in [0.4, 0.5) is 11.6 Å². The minimum atomic E-state index is -1.18. The highest BCUT2D eigenvalue weighted by atomic mass is 35.5. The number of aliphatic hydroxyl groups excluding tert-OH is 1. The molecule has 2 N–H and O–H groups in total. The van der Waals surface area contributed by atoms with E-state index in [1.807, 2.05) is 0 Å². The Hall–Kier alpha value is -2.28. The molecule has 32 heavy (non-hydrogen) atoms. The quantitative estimate of drug-likeness (QED) is 0.683. The highest BCUT2D eigenvalue weighted by molar-refractivity contribution is 7.85. The van der Waals surface area contributed by atoms with Crippen LogP contribution in [0.3, 0.4) is 0 Å². The number of fused-ring (bicyclic) bond motifs is 2. The van der Waals surface area contributed by atoms with Crippen LogP contribution in [0.1, 0.15) is 42.1 Å². The molecule has 1 saturated heterocycles. The number of pyridine rings is 1. The lowest BCUT2D eigenvalue weighted by molar-refractivity contribution is 0.143. The van der Waals surface area contributed by atoms with Gasteiger partial charge in [0.25, 0.3) is 0 Å². The van der Waals surface area contributed by atoms with E-state index in [1.165, 1.54) is 0 Å². The standard InChI is InChI=1S/C22H23ClN6O2S/c23-12-7-25-19(26-8-12)17-15-9-29(10-16(15)17)21-14(6-24)13-2-5-32(31)18(13)20(27-21)28-22(11-30)3-1-4-22/h7-8,15-17,30H,1-5,9-11H2,(H,27,28)/t15?,16?,17?,32-/m0/s1. The molecule has 3 atom stereocenters. The molecule has 2 aromatic rings. The zero-order valence-corrected chi connectivity index (χ0v) is 19.0. The van der Waals surface area contributed by atoms with Crippen LogP contribution in [-0.4, -0.2) is 55.3 Å². The van der Waals surface area contributed by atoms with Gasteiger partial charge in [-0.05, 0) is 43.1 Å². The summed E-state index contributed by atoms with van der Waals surface area (Å²) in [4.78, 5) is 16.5. The third-order valence-corrected chi connectivity index (χ3v) is 9.20. The van der Waals surface area contributed by atoms with Crippen LogP contribution in [0.25, 0.3) is 0 Å². The van der Waals surface area contributed by atoms with Gasteiger partial charge in [0.05, 0.1) is 38.4 Å². The first-order valence-electron chi connectivity index (χ1n) is 11.0. The third-order valence-electron chi connectivity index (χ3n) is 7.54. The maximum atomic E-state index is 12.8. The van der Waals surface area contributed by atoms with Crippen LogP contribution >= 0.6 is 11.6 Å². The summed E-state index contributed by atoms with van der Waals surface area (Å²) in [6.07, 6.45) is 6.66. The molecular weight excluding hydrogens is 448 g/mol. The Bertz CT molecular complexity index is 1140. The topological polar surface area (TPSA) is 115 Å². The highest BCUT2D eigenvalue weighted by Crippen LogP contribution is 2.58. The molecular formula is C22H23ClN6O2S. The SMILES string of the molecule is N#Cc1c(N2CC3C(C2)C3c2ncc(Cl)cn2)nc(NC2(CO)CCC2)c2c1CC[S@@]2=O. The fraction of sp³-hybridized carbons (Fsp3) is 0.545. The summed E-state index contributed by atoms with van der Waals surface area (Å²) in [5, 5.41) is 23.9. The van der Waals surface area contributed by atoms with Gasteiger partial charge in [0.2, 0.25) is 0 Å². The summed E-state index contributed by atoms with van der Waals surface area (Å²) in [7, 11) is -1.18. The van der Waals surface area contributed by atoms with E-state index < -0.39 is 16.3 Å². The number of aromatic nitrogens is 3. The Labute approximate surface area is 193 Å². The predicted octanol–water partition coefficient (Wildman–Crippen LogP) is 2.24. The smallest absolute Gasteiger partial charge is 0.149 e. The molecule has 0 radical (unpaired) electrons. The van der Waals surface area contributed by atoms with E-state index in [0.29, 0.717) is 57.0 Å². The Kier molecular flexibility index (Phi) is 4.68. The number of hydrogen-bond acceptors (Lipinski definition) is 8. The van der Waals surface area contributed by atoms with Crippen molar-refractivity contribution in [3.05, 3.63) is 34.4 Å². The number of nitrogens with one attached hydrogen (secondary N) is 1. The molecule has 0 amide bonds. The van der Waals surface area contributed by atoms with Crippen molar-refractivity contribution >= 4 is 34.0 Å². The van der Waals surface area contributed by atoms with Crippen LogP contribution in [0, 0.1) is 23.2 Å². The highest BCUT2D eigenvalue weighted by Gasteiger charge is 2.58. The second kappa shape index (κ2) is 7.37. The molecule has 8 nitrogen and oxygen atoms in total. The number of hydrogen-bond donors (Lipinski definition) is 2. The number of piperidine rings is 1. The van der Waals surface area contributed by atoms with Crippen molar-refractivity contribution in [3.8, 4) is 6.07 Å². The van der Waals surface area contributed by atoms with Crippen molar-refractivity contribution in [2.75, 3.05) is 35.7 Å². The minimum Gasteiger partial charge on any atom is -0.394 e. The van der Waals surface area contributed by atoms with E-state index >= 15 is 0 Å². The van der Waals surface area contributed by atoms with E-state index in [-0.39, 0.29) is 6.61 Å². The first-order chi connectivity index (χ1) is 15.5. The fourth-order valence-electron chi connectivity index (χ4n) is 5.57. The molecule has 4 aliphatic rings. The van der Waals surface area contributed by atoms with Gasteiger partial charge in [0, 0.05) is 37.2 Å². The molecule has 0 spiro atoms. The normalized spacial score (nSPS) is 29.1. The van der Waals surface area contributed by atoms with E-state index in [9.17, 15) is 14.6 Å². The fourth-order valence-corrected chi connectivity index (χ4v) is 7.05. The summed E-state index contributed by atoms with van der Waals surface area (Å²) < 4.78 is 12.8. The molecule has 3 fully saturated rings. The molecule has 0 bridgehead atoms. The van der Waals surface area contributed by atoms with Crippen molar-refractivity contribution in [3.63, 3.8) is 0 Å². The lowest BCUT2D eigenvalue weighted by Gasteiger charge is -2.42. The van der Waals surface area contributed by atoms with Crippen LogP contribution in [0.15, 0.2) is 17.3 Å². The van der Waals surface area contributed by atoms with Crippen LogP contribution in [-0.2, 0) is 17.2 Å². The zero-order chi connectivity index (χ0) is 22.0. The molecule has 2 aromatic heterocycles. The van der Waals surface area contributed by atoms with Gasteiger partial charge in [-0.1, -0.05) is 11.6 Å². The molecule has 2 aliphatic heterocycles. The largest absolute Gasteiger partial charge is 0.394 e. The van der Waals surface area contributed by atoms with Crippen LogP contribution < -0.4 is 10.2 Å². The van der Waals surface area contributed by atoms with Gasteiger partial charge >= 0.3 is 0 Å². The molecule has 2 aliphatic carbocycles. The van der Waals surface area contributed by atoms with Gasteiger partial charge in [-0.25, -0.2) is 15.0 Å². The van der Waals surface area contributed by atoms with Gasteiger partial charge in [-0.2, -0.15) is 5.26 Å². The number of rotatable bonds is 5. The van der Waals surface area contributed by atoms with Gasteiger partial charge in [0.1, 0.15) is 23.5 Å². The zero-order valence-electron chi connectivity index (χ0n) is 17.4. The lowest BCUT2D eigenvalue weighted by atomic mass is 9.77. The number of halogens is 1. The van der Waals surface area contributed by atoms with Gasteiger partial charge in [-0.3, -0.25) is 4.21 Å². The second-order valence-electron chi connectivity index (χ2n) is 9.31. The molecule has 2 unspecified atom stereocenters. The Balaban J connectivity index is 1.32. The average molecular weight is 471 g/mol. The Morgan fingerprint density at radius 3 is 2.62 bits per heavy atom. The maximum absolute atomic E-state index is 12.8. The molecule has 166 valence electrons. The van der Waals surface area contributed by atoms with Gasteiger partial charge in [0.15, 0.2) is 0 Å². The van der Waals surface area contributed by atoms with Crippen LogP contribution in [0.5, 0.6) is 0 Å². The van der Waals surface area contributed by atoms with Gasteiger partial charge in [-0.15, -0.1) is 0 Å². The second-order valence-corrected chi connectivity index (χ2v) is 11.3. The first-order valence-corrected chi connectivity index (χ1v) is 12.7. The van der Waals surface area contributed by atoms with Gasteiger partial charge < -0.3 is 15.3 Å². The lowest BCUT2D eigenvalue weighted by Crippen LogP contribution is -2.48. The molecule has 10 heteroatoms. The number of nitrogens with zero attached hydrogens (tertiary/aromatic N) is 5. The average Bonchev–Trinajstić information content (AvgIpc) is 3.08. The predicted molar refractivity (Wildman–Crippen MR) is 120 cm³/mol. The monoisotopic (exact) mass is 470 g/mol. The minimum absolute atomic E-state index is 0.0159. The number of aliphatic hydroxyl groups is 1. The van der Waals surface area contributed by atoms with Crippen molar-refractivity contribution in [1.82, 2.24) is 15.0 Å². The molecule has 2 saturated carbocycles. The summed E-state index contributed by atoms with van der Waals surface area (Å²) >= 11 is 5.92. The van der Waals surface area contributed by atoms with E-state index in [2.05, 4.69) is 26.3 Å². The van der Waals surface area contributed by atoms with E-state index in [0.717, 1.165) is 43.7 Å². The molecule has 0 aromatic carbocycles. The summed E-state index contributed by atoms with van der Waals surface area (Å²) in [5.74, 6) is 3.77. The van der Waals surface area contributed by atoms with Crippen molar-refractivity contribution < 1.29 is 9.32 Å². The summed E-state index contributed by atoms with van der Waals surface area (Å²) in [6.45, 7) is 1.59. The third kappa shape index (κ3) is 3.04. The summed E-state index contributed by atoms with van der Waals surface area (Å²) in [5.41, 5.74) is 0.996. The molecule has 6 rings (SSSR count). The number of anilines is 2. The van der Waals surface area contributed by atoms with Crippen LogP contribution in [0.2, 0.25) is 5.02 Å². The summed E-state index contributed by atoms with van der Waals surface area (Å²) in [6, 6.07) is 2.35. The molecule has 4 heterocycles. The van der Waals surface area contributed by atoms with Crippen molar-refractivity contribution in [2.24, 2.45) is 11.8 Å². The Morgan fingerprint density at radius 1 is 1.31 bits per heavy atom.